The van der Waals surface area contributed by atoms with E-state index in [9.17, 15) is 9.59 Å². The fraction of sp³-hybridized carbons (Fsp3) is 0.600. The smallest absolute Gasteiger partial charge is 0.254 e. The molecule has 114 valence electrons. The molecular formula is C15H21N3O2S. The lowest BCUT2D eigenvalue weighted by molar-refractivity contribution is -0.137. The molecule has 0 aliphatic carbocycles. The highest BCUT2D eigenvalue weighted by molar-refractivity contribution is 7.08. The summed E-state index contributed by atoms with van der Waals surface area (Å²) >= 11 is 1.54. The highest BCUT2D eigenvalue weighted by Gasteiger charge is 2.34. The van der Waals surface area contributed by atoms with Crippen LogP contribution in [0.15, 0.2) is 16.8 Å². The van der Waals surface area contributed by atoms with Crippen molar-refractivity contribution in [3.05, 3.63) is 22.4 Å². The average Bonchev–Trinajstić information content (AvgIpc) is 3.17. The highest BCUT2D eigenvalue weighted by atomic mass is 32.1. The number of amides is 2. The maximum absolute atomic E-state index is 12.5. The Kier molecular flexibility index (Phi) is 4.26. The first-order valence-corrected chi connectivity index (χ1v) is 8.42. The van der Waals surface area contributed by atoms with E-state index in [1.54, 1.807) is 0 Å². The van der Waals surface area contributed by atoms with Gasteiger partial charge in [-0.3, -0.25) is 9.59 Å². The zero-order chi connectivity index (χ0) is 14.8. The summed E-state index contributed by atoms with van der Waals surface area (Å²) in [5.74, 6) is 0.835. The number of carbonyl (C=O) groups excluding carboxylic acids is 2. The Morgan fingerprint density at radius 2 is 1.90 bits per heavy atom. The van der Waals surface area contributed by atoms with Crippen LogP contribution in [0.5, 0.6) is 0 Å². The van der Waals surface area contributed by atoms with E-state index in [2.05, 4.69) is 12.2 Å². The van der Waals surface area contributed by atoms with Gasteiger partial charge in [0.2, 0.25) is 5.91 Å². The Bertz CT molecular complexity index is 509. The second kappa shape index (κ2) is 6.15. The van der Waals surface area contributed by atoms with Gasteiger partial charge in [0.25, 0.3) is 5.91 Å². The van der Waals surface area contributed by atoms with Crippen molar-refractivity contribution in [1.29, 1.82) is 0 Å². The zero-order valence-corrected chi connectivity index (χ0v) is 13.1. The van der Waals surface area contributed by atoms with E-state index in [-0.39, 0.29) is 17.7 Å². The SMILES string of the molecule is C[C@@H]1CNC[C@H]1C(=O)N1CCN(C(=O)c2ccsc2)CC1. The van der Waals surface area contributed by atoms with Crippen molar-refractivity contribution in [1.82, 2.24) is 15.1 Å². The second-order valence-electron chi connectivity index (χ2n) is 5.87. The van der Waals surface area contributed by atoms with Crippen molar-refractivity contribution in [2.45, 2.75) is 6.92 Å². The Morgan fingerprint density at radius 1 is 1.19 bits per heavy atom. The predicted octanol–water partition coefficient (Wildman–Crippen LogP) is 0.888. The summed E-state index contributed by atoms with van der Waals surface area (Å²) in [5.41, 5.74) is 0.758. The molecule has 21 heavy (non-hydrogen) atoms. The Morgan fingerprint density at radius 3 is 2.48 bits per heavy atom. The Labute approximate surface area is 128 Å². The zero-order valence-electron chi connectivity index (χ0n) is 12.2. The van der Waals surface area contributed by atoms with Crippen molar-refractivity contribution < 1.29 is 9.59 Å². The van der Waals surface area contributed by atoms with Crippen LogP contribution in [0, 0.1) is 11.8 Å². The van der Waals surface area contributed by atoms with Crippen molar-refractivity contribution in [2.75, 3.05) is 39.3 Å². The lowest BCUT2D eigenvalue weighted by Gasteiger charge is -2.36. The Balaban J connectivity index is 1.55. The molecule has 0 unspecified atom stereocenters. The molecular weight excluding hydrogens is 286 g/mol. The monoisotopic (exact) mass is 307 g/mol. The summed E-state index contributed by atoms with van der Waals surface area (Å²) in [7, 11) is 0. The van der Waals surface area contributed by atoms with Crippen molar-refractivity contribution in [2.24, 2.45) is 11.8 Å². The number of hydrogen-bond donors (Lipinski definition) is 1. The number of hydrogen-bond acceptors (Lipinski definition) is 4. The van der Waals surface area contributed by atoms with Gasteiger partial charge in [-0.2, -0.15) is 11.3 Å². The summed E-state index contributed by atoms with van der Waals surface area (Å²) in [5, 5.41) is 7.08. The predicted molar refractivity (Wildman–Crippen MR) is 82.3 cm³/mol. The van der Waals surface area contributed by atoms with Gasteiger partial charge in [0.05, 0.1) is 11.5 Å². The van der Waals surface area contributed by atoms with Gasteiger partial charge in [0.15, 0.2) is 0 Å². The summed E-state index contributed by atoms with van der Waals surface area (Å²) < 4.78 is 0. The minimum absolute atomic E-state index is 0.0826. The van der Waals surface area contributed by atoms with Gasteiger partial charge in [0.1, 0.15) is 0 Å². The van der Waals surface area contributed by atoms with Crippen LogP contribution >= 0.6 is 11.3 Å². The number of nitrogens with zero attached hydrogens (tertiary/aromatic N) is 2. The fourth-order valence-electron chi connectivity index (χ4n) is 3.07. The van der Waals surface area contributed by atoms with E-state index < -0.39 is 0 Å². The van der Waals surface area contributed by atoms with Crippen LogP contribution in [0.4, 0.5) is 0 Å². The van der Waals surface area contributed by atoms with Gasteiger partial charge < -0.3 is 15.1 Å². The lowest BCUT2D eigenvalue weighted by atomic mass is 9.96. The Hall–Kier alpha value is -1.40. The molecule has 2 fully saturated rings. The molecule has 6 heteroatoms. The molecule has 2 aliphatic heterocycles. The second-order valence-corrected chi connectivity index (χ2v) is 6.65. The quantitative estimate of drug-likeness (QED) is 0.883. The van der Waals surface area contributed by atoms with Crippen LogP contribution in [-0.2, 0) is 4.79 Å². The normalized spacial score (nSPS) is 26.1. The van der Waals surface area contributed by atoms with E-state index >= 15 is 0 Å². The van der Waals surface area contributed by atoms with Crippen LogP contribution in [0.1, 0.15) is 17.3 Å². The summed E-state index contributed by atoms with van der Waals surface area (Å²) in [6.45, 7) is 6.40. The maximum atomic E-state index is 12.5. The van der Waals surface area contributed by atoms with Crippen molar-refractivity contribution >= 4 is 23.2 Å². The molecule has 2 amide bonds. The summed E-state index contributed by atoms with van der Waals surface area (Å²) in [6.07, 6.45) is 0. The fourth-order valence-corrected chi connectivity index (χ4v) is 3.70. The van der Waals surface area contributed by atoms with Crippen LogP contribution < -0.4 is 5.32 Å². The van der Waals surface area contributed by atoms with E-state index in [0.717, 1.165) is 18.7 Å². The average molecular weight is 307 g/mol. The number of nitrogens with one attached hydrogen (secondary N) is 1. The van der Waals surface area contributed by atoms with Gasteiger partial charge in [-0.05, 0) is 23.9 Å². The van der Waals surface area contributed by atoms with Crippen molar-refractivity contribution in [3.63, 3.8) is 0 Å². The van der Waals surface area contributed by atoms with Gasteiger partial charge in [0, 0.05) is 38.1 Å². The topological polar surface area (TPSA) is 52.7 Å². The van der Waals surface area contributed by atoms with Crippen LogP contribution in [-0.4, -0.2) is 60.9 Å². The molecule has 0 saturated carbocycles. The molecule has 3 heterocycles. The number of carbonyl (C=O) groups is 2. The first-order chi connectivity index (χ1) is 10.2. The van der Waals surface area contributed by atoms with Gasteiger partial charge in [-0.25, -0.2) is 0 Å². The summed E-state index contributed by atoms with van der Waals surface area (Å²) in [6, 6.07) is 1.86. The largest absolute Gasteiger partial charge is 0.339 e. The molecule has 0 bridgehead atoms. The van der Waals surface area contributed by atoms with Gasteiger partial charge >= 0.3 is 0 Å². The van der Waals surface area contributed by atoms with E-state index in [0.29, 0.717) is 32.1 Å². The van der Waals surface area contributed by atoms with E-state index in [4.69, 9.17) is 0 Å². The molecule has 0 radical (unpaired) electrons. The highest BCUT2D eigenvalue weighted by Crippen LogP contribution is 2.20. The lowest BCUT2D eigenvalue weighted by Crippen LogP contribution is -2.52. The molecule has 2 aliphatic rings. The maximum Gasteiger partial charge on any atom is 0.254 e. The van der Waals surface area contributed by atoms with E-state index in [1.807, 2.05) is 26.6 Å². The standard InChI is InChI=1S/C15H21N3O2S/c1-11-8-16-9-13(11)15(20)18-5-3-17(4-6-18)14(19)12-2-7-21-10-12/h2,7,10-11,13,16H,3-6,8-9H2,1H3/t11-,13-/m1/s1. The van der Waals surface area contributed by atoms with Crippen LogP contribution in [0.25, 0.3) is 0 Å². The first-order valence-electron chi connectivity index (χ1n) is 7.48. The molecule has 2 atom stereocenters. The molecule has 0 aromatic carbocycles. The van der Waals surface area contributed by atoms with Gasteiger partial charge in [-0.15, -0.1) is 0 Å². The van der Waals surface area contributed by atoms with Gasteiger partial charge in [-0.1, -0.05) is 6.92 Å². The van der Waals surface area contributed by atoms with Crippen LogP contribution in [0.3, 0.4) is 0 Å². The summed E-state index contributed by atoms with van der Waals surface area (Å²) in [4.78, 5) is 28.5. The third kappa shape index (κ3) is 2.96. The van der Waals surface area contributed by atoms with Crippen molar-refractivity contribution in [3.8, 4) is 0 Å². The van der Waals surface area contributed by atoms with Crippen LogP contribution in [0.2, 0.25) is 0 Å². The number of piperazine rings is 1. The molecule has 2 saturated heterocycles. The molecule has 1 aromatic rings. The molecule has 0 spiro atoms. The number of rotatable bonds is 2. The minimum atomic E-state index is 0.0826. The first kappa shape index (κ1) is 14.5. The number of thiophene rings is 1. The molecule has 5 nitrogen and oxygen atoms in total. The third-order valence-corrected chi connectivity index (χ3v) is 5.16. The minimum Gasteiger partial charge on any atom is -0.339 e. The molecule has 1 aromatic heterocycles. The third-order valence-electron chi connectivity index (χ3n) is 4.48. The molecule has 1 N–H and O–H groups in total. The van der Waals surface area contributed by atoms with E-state index in [1.165, 1.54) is 11.3 Å². The molecule has 3 rings (SSSR count).